The number of urea groups is 1. The van der Waals surface area contributed by atoms with Crippen molar-refractivity contribution in [2.75, 3.05) is 5.32 Å². The summed E-state index contributed by atoms with van der Waals surface area (Å²) < 4.78 is 0.946. The van der Waals surface area contributed by atoms with Crippen LogP contribution in [0.1, 0.15) is 26.3 Å². The van der Waals surface area contributed by atoms with E-state index in [4.69, 9.17) is 5.11 Å². The maximum atomic E-state index is 11.9. The molecule has 0 aliphatic carbocycles. The number of rotatable bonds is 3. The number of carbonyl (C=O) groups excluding carboxylic acids is 1. The maximum Gasteiger partial charge on any atom is 0.326 e. The summed E-state index contributed by atoms with van der Waals surface area (Å²) in [5.74, 6) is -1.06. The number of halogens is 1. The molecule has 3 N–H and O–H groups in total. The Bertz CT molecular complexity index is 524. The topological polar surface area (TPSA) is 78.4 Å². The minimum absolute atomic E-state index is 0.533. The third kappa shape index (κ3) is 4.52. The average Bonchev–Trinajstić information content (AvgIpc) is 2.29. The number of aliphatic carboxylic acids is 1. The highest BCUT2D eigenvalue weighted by Gasteiger charge is 2.32. The van der Waals surface area contributed by atoms with Crippen LogP contribution in [0.25, 0.3) is 0 Å². The molecule has 0 aliphatic heterocycles. The van der Waals surface area contributed by atoms with Gasteiger partial charge in [-0.05, 0) is 36.1 Å². The van der Waals surface area contributed by atoms with Crippen molar-refractivity contribution in [1.29, 1.82) is 0 Å². The van der Waals surface area contributed by atoms with Crippen molar-refractivity contribution in [2.24, 2.45) is 5.41 Å². The number of carboxylic acid groups (broad SMARTS) is 1. The molecule has 0 radical (unpaired) electrons. The van der Waals surface area contributed by atoms with Crippen molar-refractivity contribution in [3.63, 3.8) is 0 Å². The number of aryl methyl sites for hydroxylation is 1. The molecule has 1 atom stereocenters. The SMILES string of the molecule is Cc1cc(NC(=O)N[C@@H](C(=O)O)C(C)(C)C)ccc1Br. The molecule has 0 saturated carbocycles. The van der Waals surface area contributed by atoms with Gasteiger partial charge in [-0.15, -0.1) is 0 Å². The molecule has 1 aromatic carbocycles. The highest BCUT2D eigenvalue weighted by atomic mass is 79.9. The van der Waals surface area contributed by atoms with E-state index in [1.807, 2.05) is 13.0 Å². The van der Waals surface area contributed by atoms with Gasteiger partial charge in [-0.1, -0.05) is 36.7 Å². The van der Waals surface area contributed by atoms with Crippen LogP contribution in [0.2, 0.25) is 0 Å². The Labute approximate surface area is 126 Å². The third-order valence-corrected chi connectivity index (χ3v) is 3.69. The van der Waals surface area contributed by atoms with Gasteiger partial charge in [0.15, 0.2) is 0 Å². The molecule has 1 aromatic rings. The van der Waals surface area contributed by atoms with Gasteiger partial charge in [-0.25, -0.2) is 9.59 Å². The second kappa shape index (κ2) is 6.26. The second-order valence-corrected chi connectivity index (χ2v) is 6.55. The molecule has 1 rings (SSSR count). The van der Waals surface area contributed by atoms with Crippen LogP contribution < -0.4 is 10.6 Å². The van der Waals surface area contributed by atoms with Gasteiger partial charge in [-0.3, -0.25) is 0 Å². The fourth-order valence-corrected chi connectivity index (χ4v) is 1.92. The molecule has 110 valence electrons. The molecule has 2 amide bonds. The van der Waals surface area contributed by atoms with Crippen LogP contribution >= 0.6 is 15.9 Å². The number of amides is 2. The Hall–Kier alpha value is -1.56. The van der Waals surface area contributed by atoms with Crippen LogP contribution in [0.5, 0.6) is 0 Å². The van der Waals surface area contributed by atoms with Crippen LogP contribution in [0.15, 0.2) is 22.7 Å². The molecule has 0 aliphatic rings. The minimum atomic E-state index is -1.06. The first kappa shape index (κ1) is 16.5. The van der Waals surface area contributed by atoms with Crippen LogP contribution in [0.3, 0.4) is 0 Å². The predicted molar refractivity (Wildman–Crippen MR) is 81.9 cm³/mol. The van der Waals surface area contributed by atoms with Gasteiger partial charge < -0.3 is 15.7 Å². The van der Waals surface area contributed by atoms with Crippen molar-refractivity contribution in [3.8, 4) is 0 Å². The molecular formula is C14H19BrN2O3. The molecule has 0 heterocycles. The van der Waals surface area contributed by atoms with Gasteiger partial charge in [0, 0.05) is 10.2 Å². The van der Waals surface area contributed by atoms with E-state index in [9.17, 15) is 9.59 Å². The number of nitrogens with one attached hydrogen (secondary N) is 2. The highest BCUT2D eigenvalue weighted by Crippen LogP contribution is 2.21. The summed E-state index contributed by atoms with van der Waals surface area (Å²) >= 11 is 3.37. The van der Waals surface area contributed by atoms with Gasteiger partial charge in [0.2, 0.25) is 0 Å². The number of benzene rings is 1. The van der Waals surface area contributed by atoms with Crippen LogP contribution in [0.4, 0.5) is 10.5 Å². The molecular weight excluding hydrogens is 324 g/mol. The third-order valence-electron chi connectivity index (χ3n) is 2.80. The summed E-state index contributed by atoms with van der Waals surface area (Å²) in [6, 6.07) is 3.87. The van der Waals surface area contributed by atoms with Gasteiger partial charge in [0.1, 0.15) is 6.04 Å². The molecule has 0 bridgehead atoms. The van der Waals surface area contributed by atoms with E-state index in [1.165, 1.54) is 0 Å². The monoisotopic (exact) mass is 342 g/mol. The normalized spacial score (nSPS) is 12.7. The Balaban J connectivity index is 2.76. The van der Waals surface area contributed by atoms with E-state index in [1.54, 1.807) is 32.9 Å². The second-order valence-electron chi connectivity index (χ2n) is 5.70. The Kier molecular flexibility index (Phi) is 5.16. The Morgan fingerprint density at radius 2 is 1.90 bits per heavy atom. The lowest BCUT2D eigenvalue weighted by Crippen LogP contribution is -2.50. The van der Waals surface area contributed by atoms with E-state index >= 15 is 0 Å². The smallest absolute Gasteiger partial charge is 0.326 e. The van der Waals surface area contributed by atoms with E-state index in [-0.39, 0.29) is 0 Å². The summed E-state index contributed by atoms with van der Waals surface area (Å²) in [6.07, 6.45) is 0. The summed E-state index contributed by atoms with van der Waals surface area (Å²) in [4.78, 5) is 23.1. The average molecular weight is 343 g/mol. The number of carbonyl (C=O) groups is 2. The molecule has 0 fully saturated rings. The van der Waals surface area contributed by atoms with Crippen molar-refractivity contribution in [1.82, 2.24) is 5.32 Å². The molecule has 0 saturated heterocycles. The number of carboxylic acids is 1. The lowest BCUT2D eigenvalue weighted by atomic mass is 9.87. The largest absolute Gasteiger partial charge is 0.480 e. The molecule has 0 spiro atoms. The maximum absolute atomic E-state index is 11.9. The number of hydrogen-bond donors (Lipinski definition) is 3. The van der Waals surface area contributed by atoms with Crippen molar-refractivity contribution in [2.45, 2.75) is 33.7 Å². The van der Waals surface area contributed by atoms with Gasteiger partial charge in [0.05, 0.1) is 0 Å². The van der Waals surface area contributed by atoms with Crippen LogP contribution in [-0.2, 0) is 4.79 Å². The molecule has 5 nitrogen and oxygen atoms in total. The fraction of sp³-hybridized carbons (Fsp3) is 0.429. The molecule has 0 unspecified atom stereocenters. The number of hydrogen-bond acceptors (Lipinski definition) is 2. The minimum Gasteiger partial charge on any atom is -0.480 e. The first-order valence-corrected chi connectivity index (χ1v) is 6.97. The van der Waals surface area contributed by atoms with Gasteiger partial charge >= 0.3 is 12.0 Å². The Morgan fingerprint density at radius 1 is 1.30 bits per heavy atom. The van der Waals surface area contributed by atoms with Crippen molar-refractivity contribution in [3.05, 3.63) is 28.2 Å². The standard InChI is InChI=1S/C14H19BrN2O3/c1-8-7-9(5-6-10(8)15)16-13(20)17-11(12(18)19)14(2,3)4/h5-7,11H,1-4H3,(H,18,19)(H2,16,17,20)/t11-/m0/s1. The van der Waals surface area contributed by atoms with Gasteiger partial charge in [-0.2, -0.15) is 0 Å². The quantitative estimate of drug-likeness (QED) is 0.787. The molecule has 0 aromatic heterocycles. The molecule has 20 heavy (non-hydrogen) atoms. The van der Waals surface area contributed by atoms with Gasteiger partial charge in [0.25, 0.3) is 0 Å². The van der Waals surface area contributed by atoms with E-state index in [0.29, 0.717) is 5.69 Å². The number of anilines is 1. The summed E-state index contributed by atoms with van der Waals surface area (Å²) in [5, 5.41) is 14.3. The highest BCUT2D eigenvalue weighted by molar-refractivity contribution is 9.10. The van der Waals surface area contributed by atoms with Crippen molar-refractivity contribution < 1.29 is 14.7 Å². The zero-order valence-electron chi connectivity index (χ0n) is 12.0. The van der Waals surface area contributed by atoms with E-state index in [2.05, 4.69) is 26.6 Å². The van der Waals surface area contributed by atoms with E-state index in [0.717, 1.165) is 10.0 Å². The Morgan fingerprint density at radius 3 is 2.35 bits per heavy atom. The fourth-order valence-electron chi connectivity index (χ4n) is 1.67. The zero-order chi connectivity index (χ0) is 15.5. The summed E-state index contributed by atoms with van der Waals surface area (Å²) in [7, 11) is 0. The van der Waals surface area contributed by atoms with Crippen molar-refractivity contribution >= 4 is 33.6 Å². The molecule has 6 heteroatoms. The summed E-state index contributed by atoms with van der Waals surface area (Å²) in [5.41, 5.74) is 1.02. The van der Waals surface area contributed by atoms with E-state index < -0.39 is 23.5 Å². The first-order chi connectivity index (χ1) is 9.11. The lowest BCUT2D eigenvalue weighted by Gasteiger charge is -2.27. The lowest BCUT2D eigenvalue weighted by molar-refractivity contribution is -0.141. The zero-order valence-corrected chi connectivity index (χ0v) is 13.5. The van der Waals surface area contributed by atoms with Crippen LogP contribution in [-0.4, -0.2) is 23.1 Å². The summed E-state index contributed by atoms with van der Waals surface area (Å²) in [6.45, 7) is 7.18. The van der Waals surface area contributed by atoms with Crippen LogP contribution in [0, 0.1) is 12.3 Å². The first-order valence-electron chi connectivity index (χ1n) is 6.17. The predicted octanol–water partition coefficient (Wildman–Crippen LogP) is 3.38.